The van der Waals surface area contributed by atoms with Crippen LogP contribution in [0.15, 0.2) is 30.3 Å². The van der Waals surface area contributed by atoms with Gasteiger partial charge in [-0.15, -0.1) is 0 Å². The summed E-state index contributed by atoms with van der Waals surface area (Å²) in [6.45, 7) is 9.40. The van der Waals surface area contributed by atoms with Gasteiger partial charge in [-0.3, -0.25) is 0 Å². The third-order valence-electron chi connectivity index (χ3n) is 4.79. The maximum Gasteiger partial charge on any atom is 0.0371 e. The van der Waals surface area contributed by atoms with Crippen LogP contribution in [0.1, 0.15) is 71.4 Å². The zero-order valence-corrected chi connectivity index (χ0v) is 13.7. The highest BCUT2D eigenvalue weighted by Crippen LogP contribution is 2.35. The van der Waals surface area contributed by atoms with Gasteiger partial charge in [-0.2, -0.15) is 0 Å². The zero-order valence-electron chi connectivity index (χ0n) is 13.7. The predicted molar refractivity (Wildman–Crippen MR) is 87.8 cm³/mol. The summed E-state index contributed by atoms with van der Waals surface area (Å²) in [5.74, 6) is 0.859. The summed E-state index contributed by atoms with van der Waals surface area (Å²) in [6.07, 6.45) is 7.08. The second kappa shape index (κ2) is 6.76. The first-order chi connectivity index (χ1) is 9.48. The highest BCUT2D eigenvalue weighted by molar-refractivity contribution is 5.21. The minimum Gasteiger partial charge on any atom is -0.307 e. The Hall–Kier alpha value is -0.820. The lowest BCUT2D eigenvalue weighted by Gasteiger charge is -2.38. The van der Waals surface area contributed by atoms with E-state index in [0.29, 0.717) is 12.1 Å². The van der Waals surface area contributed by atoms with Crippen LogP contribution in [0.25, 0.3) is 0 Å². The molecule has 112 valence electrons. The number of hydrogen-bond acceptors (Lipinski definition) is 1. The smallest absolute Gasteiger partial charge is 0.0371 e. The lowest BCUT2D eigenvalue weighted by Crippen LogP contribution is -2.42. The minimum absolute atomic E-state index is 0.240. The average Bonchev–Trinajstić information content (AvgIpc) is 2.45. The molecule has 0 radical (unpaired) electrons. The number of hydrogen-bond donors (Lipinski definition) is 1. The van der Waals surface area contributed by atoms with Gasteiger partial charge < -0.3 is 5.32 Å². The Morgan fingerprint density at radius 1 is 1.00 bits per heavy atom. The molecule has 0 aliphatic heterocycles. The van der Waals surface area contributed by atoms with Gasteiger partial charge in [0, 0.05) is 12.1 Å². The molecule has 2 unspecified atom stereocenters. The third-order valence-corrected chi connectivity index (χ3v) is 4.79. The van der Waals surface area contributed by atoms with Crippen molar-refractivity contribution in [2.45, 2.75) is 71.9 Å². The molecule has 1 nitrogen and oxygen atoms in total. The molecule has 0 aromatic heterocycles. The second-order valence-corrected chi connectivity index (χ2v) is 7.56. The van der Waals surface area contributed by atoms with Crippen molar-refractivity contribution >= 4 is 0 Å². The molecule has 0 heterocycles. The van der Waals surface area contributed by atoms with Gasteiger partial charge in [0.25, 0.3) is 0 Å². The molecule has 20 heavy (non-hydrogen) atoms. The molecule has 2 atom stereocenters. The number of rotatable bonds is 4. The second-order valence-electron chi connectivity index (χ2n) is 7.56. The van der Waals surface area contributed by atoms with Crippen LogP contribution < -0.4 is 5.32 Å². The van der Waals surface area contributed by atoms with Crippen LogP contribution in [0.2, 0.25) is 0 Å². The van der Waals surface area contributed by atoms with E-state index in [9.17, 15) is 0 Å². The van der Waals surface area contributed by atoms with Crippen LogP contribution in [0, 0.1) is 11.3 Å². The summed E-state index contributed by atoms with van der Waals surface area (Å²) in [4.78, 5) is 0. The van der Waals surface area contributed by atoms with Crippen molar-refractivity contribution in [3.8, 4) is 0 Å². The fourth-order valence-electron chi connectivity index (χ4n) is 3.52. The van der Waals surface area contributed by atoms with Crippen LogP contribution in [-0.2, 0) is 0 Å². The van der Waals surface area contributed by atoms with Crippen molar-refractivity contribution in [3.63, 3.8) is 0 Å². The van der Waals surface area contributed by atoms with Crippen molar-refractivity contribution in [3.05, 3.63) is 35.9 Å². The summed E-state index contributed by atoms with van der Waals surface area (Å²) in [5, 5.41) is 3.94. The number of nitrogens with one attached hydrogen (secondary N) is 1. The fourth-order valence-corrected chi connectivity index (χ4v) is 3.52. The van der Waals surface area contributed by atoms with E-state index in [1.807, 2.05) is 0 Å². The van der Waals surface area contributed by atoms with Crippen molar-refractivity contribution in [2.24, 2.45) is 11.3 Å². The Morgan fingerprint density at radius 2 is 1.60 bits per heavy atom. The van der Waals surface area contributed by atoms with Gasteiger partial charge in [0.1, 0.15) is 0 Å². The summed E-state index contributed by atoms with van der Waals surface area (Å²) in [7, 11) is 0. The van der Waals surface area contributed by atoms with Gasteiger partial charge in [-0.1, -0.05) is 70.4 Å². The Morgan fingerprint density at radius 3 is 2.15 bits per heavy atom. The molecule has 1 aromatic carbocycles. The van der Waals surface area contributed by atoms with Crippen molar-refractivity contribution in [1.29, 1.82) is 0 Å². The lowest BCUT2D eigenvalue weighted by molar-refractivity contribution is 0.202. The normalized spacial score (nSPS) is 20.6. The summed E-state index contributed by atoms with van der Waals surface area (Å²) < 4.78 is 0. The molecule has 0 spiro atoms. The molecule has 1 heteroatoms. The van der Waals surface area contributed by atoms with E-state index in [2.05, 4.69) is 63.3 Å². The molecule has 2 rings (SSSR count). The molecular weight excluding hydrogens is 242 g/mol. The first kappa shape index (κ1) is 15.6. The summed E-state index contributed by atoms with van der Waals surface area (Å²) in [6, 6.07) is 12.0. The van der Waals surface area contributed by atoms with Crippen molar-refractivity contribution in [1.82, 2.24) is 5.32 Å². The largest absolute Gasteiger partial charge is 0.307 e. The van der Waals surface area contributed by atoms with Crippen LogP contribution >= 0.6 is 0 Å². The van der Waals surface area contributed by atoms with E-state index < -0.39 is 0 Å². The first-order valence-corrected chi connectivity index (χ1v) is 8.29. The quantitative estimate of drug-likeness (QED) is 0.781. The first-order valence-electron chi connectivity index (χ1n) is 8.29. The van der Waals surface area contributed by atoms with E-state index in [0.717, 1.165) is 5.92 Å². The van der Waals surface area contributed by atoms with Gasteiger partial charge in [0.05, 0.1) is 0 Å². The summed E-state index contributed by atoms with van der Waals surface area (Å²) in [5.41, 5.74) is 1.66. The average molecular weight is 273 g/mol. The highest BCUT2D eigenvalue weighted by Gasteiger charge is 2.29. The predicted octanol–water partition coefficient (Wildman–Crippen LogP) is 5.33. The lowest BCUT2D eigenvalue weighted by atomic mass is 9.79. The fraction of sp³-hybridized carbons (Fsp3) is 0.684. The Balaban J connectivity index is 2.08. The molecule has 1 N–H and O–H groups in total. The standard InChI is InChI=1S/C19H31N/c1-15(16-11-7-5-8-12-16)20-18(19(2,3)4)17-13-9-6-10-14-17/h6,9-10,13-16,18,20H,5,7-8,11-12H2,1-4H3. The van der Waals surface area contributed by atoms with E-state index in [1.54, 1.807) is 0 Å². The van der Waals surface area contributed by atoms with Crippen molar-refractivity contribution < 1.29 is 0 Å². The monoisotopic (exact) mass is 273 g/mol. The molecule has 1 fully saturated rings. The SMILES string of the molecule is CC(NC(c1ccccc1)C(C)(C)C)C1CCCCC1. The molecule has 0 amide bonds. The maximum absolute atomic E-state index is 3.94. The molecule has 1 aliphatic rings. The van der Waals surface area contributed by atoms with Crippen LogP contribution in [0.5, 0.6) is 0 Å². The van der Waals surface area contributed by atoms with Crippen LogP contribution in [0.4, 0.5) is 0 Å². The highest BCUT2D eigenvalue weighted by atomic mass is 15.0. The van der Waals surface area contributed by atoms with Gasteiger partial charge in [0.2, 0.25) is 0 Å². The summed E-state index contributed by atoms with van der Waals surface area (Å²) >= 11 is 0. The van der Waals surface area contributed by atoms with Gasteiger partial charge in [0.15, 0.2) is 0 Å². The van der Waals surface area contributed by atoms with Crippen LogP contribution in [0.3, 0.4) is 0 Å². The maximum atomic E-state index is 3.94. The van der Waals surface area contributed by atoms with Gasteiger partial charge in [-0.25, -0.2) is 0 Å². The van der Waals surface area contributed by atoms with E-state index in [-0.39, 0.29) is 5.41 Å². The third kappa shape index (κ3) is 4.09. The Labute approximate surface area is 125 Å². The molecular formula is C19H31N. The Bertz CT molecular complexity index is 384. The molecule has 1 aliphatic carbocycles. The topological polar surface area (TPSA) is 12.0 Å². The van der Waals surface area contributed by atoms with E-state index in [1.165, 1.54) is 37.7 Å². The Kier molecular flexibility index (Phi) is 5.26. The molecule has 0 bridgehead atoms. The molecule has 0 saturated heterocycles. The minimum atomic E-state index is 0.240. The number of benzene rings is 1. The van der Waals surface area contributed by atoms with Crippen molar-refractivity contribution in [2.75, 3.05) is 0 Å². The molecule has 1 saturated carbocycles. The zero-order chi connectivity index (χ0) is 14.6. The van der Waals surface area contributed by atoms with Gasteiger partial charge >= 0.3 is 0 Å². The van der Waals surface area contributed by atoms with Crippen LogP contribution in [-0.4, -0.2) is 6.04 Å². The van der Waals surface area contributed by atoms with E-state index in [4.69, 9.17) is 0 Å². The van der Waals surface area contributed by atoms with E-state index >= 15 is 0 Å². The molecule has 1 aromatic rings. The van der Waals surface area contributed by atoms with Gasteiger partial charge in [-0.05, 0) is 36.7 Å².